The second kappa shape index (κ2) is 8.97. The van der Waals surface area contributed by atoms with E-state index in [1.54, 1.807) is 30.3 Å². The van der Waals surface area contributed by atoms with E-state index < -0.39 is 10.0 Å². The molecular formula is C22H28N2O4S. The number of rotatable bonds is 6. The number of benzene rings is 2. The fourth-order valence-electron chi connectivity index (χ4n) is 3.61. The van der Waals surface area contributed by atoms with E-state index in [0.717, 1.165) is 16.9 Å². The van der Waals surface area contributed by atoms with Gasteiger partial charge in [-0.25, -0.2) is 8.42 Å². The van der Waals surface area contributed by atoms with Crippen molar-refractivity contribution < 1.29 is 17.9 Å². The summed E-state index contributed by atoms with van der Waals surface area (Å²) < 4.78 is 32.9. The second-order valence-electron chi connectivity index (χ2n) is 7.38. The minimum Gasteiger partial charge on any atom is -0.494 e. The predicted molar refractivity (Wildman–Crippen MR) is 113 cm³/mol. The largest absolute Gasteiger partial charge is 0.494 e. The van der Waals surface area contributed by atoms with Crippen molar-refractivity contribution in [3.63, 3.8) is 0 Å². The molecule has 0 aromatic heterocycles. The standard InChI is InChI=1S/C22H28N2O4S/c1-4-28-20-8-6-18(7-9-20)22(25)23-19-11-13-24(14-12-19)29(26,27)21-10-5-16(2)15-17(21)3/h5-10,15,19H,4,11-14H2,1-3H3,(H,23,25). The van der Waals surface area contributed by atoms with Gasteiger partial charge in [-0.3, -0.25) is 4.79 Å². The van der Waals surface area contributed by atoms with Gasteiger partial charge in [-0.05, 0) is 69.5 Å². The summed E-state index contributed by atoms with van der Waals surface area (Å²) in [6.45, 7) is 7.04. The Morgan fingerprint density at radius 3 is 2.34 bits per heavy atom. The van der Waals surface area contributed by atoms with Gasteiger partial charge in [0.2, 0.25) is 10.0 Å². The number of piperidine rings is 1. The summed E-state index contributed by atoms with van der Waals surface area (Å²) in [5.41, 5.74) is 2.37. The molecule has 29 heavy (non-hydrogen) atoms. The monoisotopic (exact) mass is 416 g/mol. The number of aryl methyl sites for hydroxylation is 2. The first-order valence-electron chi connectivity index (χ1n) is 9.92. The lowest BCUT2D eigenvalue weighted by Crippen LogP contribution is -2.46. The van der Waals surface area contributed by atoms with Crippen LogP contribution in [0.25, 0.3) is 0 Å². The topological polar surface area (TPSA) is 75.7 Å². The van der Waals surface area contributed by atoms with Crippen LogP contribution in [0.15, 0.2) is 47.4 Å². The van der Waals surface area contributed by atoms with Crippen molar-refractivity contribution in [2.75, 3.05) is 19.7 Å². The number of carbonyl (C=O) groups is 1. The Bertz CT molecular complexity index is 963. The zero-order chi connectivity index (χ0) is 21.0. The number of nitrogens with zero attached hydrogens (tertiary/aromatic N) is 1. The molecule has 3 rings (SSSR count). The summed E-state index contributed by atoms with van der Waals surface area (Å²) >= 11 is 0. The Morgan fingerprint density at radius 1 is 1.10 bits per heavy atom. The number of amides is 1. The van der Waals surface area contributed by atoms with Crippen LogP contribution in [0.3, 0.4) is 0 Å². The molecule has 0 saturated carbocycles. The molecule has 1 saturated heterocycles. The van der Waals surface area contributed by atoms with Crippen LogP contribution in [-0.2, 0) is 10.0 Å². The molecule has 0 radical (unpaired) electrons. The van der Waals surface area contributed by atoms with Crippen molar-refractivity contribution in [2.24, 2.45) is 0 Å². The van der Waals surface area contributed by atoms with Gasteiger partial charge < -0.3 is 10.1 Å². The highest BCUT2D eigenvalue weighted by atomic mass is 32.2. The quantitative estimate of drug-likeness (QED) is 0.784. The average molecular weight is 417 g/mol. The first-order valence-corrected chi connectivity index (χ1v) is 11.4. The second-order valence-corrected chi connectivity index (χ2v) is 9.28. The van der Waals surface area contributed by atoms with Crippen molar-refractivity contribution in [3.05, 3.63) is 59.2 Å². The fraction of sp³-hybridized carbons (Fsp3) is 0.409. The van der Waals surface area contributed by atoms with Crippen molar-refractivity contribution in [1.82, 2.24) is 9.62 Å². The van der Waals surface area contributed by atoms with E-state index in [1.807, 2.05) is 32.9 Å². The number of carbonyl (C=O) groups excluding carboxylic acids is 1. The van der Waals surface area contributed by atoms with Crippen LogP contribution < -0.4 is 10.1 Å². The van der Waals surface area contributed by atoms with E-state index >= 15 is 0 Å². The third-order valence-corrected chi connectivity index (χ3v) is 7.22. The minimum absolute atomic E-state index is 0.0420. The first-order chi connectivity index (χ1) is 13.8. The van der Waals surface area contributed by atoms with Gasteiger partial charge in [0.25, 0.3) is 5.91 Å². The molecule has 0 atom stereocenters. The molecule has 0 bridgehead atoms. The normalized spacial score (nSPS) is 15.8. The van der Waals surface area contributed by atoms with Crippen LogP contribution in [0.4, 0.5) is 0 Å². The van der Waals surface area contributed by atoms with Crippen molar-refractivity contribution >= 4 is 15.9 Å². The van der Waals surface area contributed by atoms with Crippen LogP contribution in [0.5, 0.6) is 5.75 Å². The molecule has 1 aliphatic rings. The minimum atomic E-state index is -3.52. The molecular weight excluding hydrogens is 388 g/mol. The van der Waals surface area contributed by atoms with Crippen molar-refractivity contribution in [3.8, 4) is 5.75 Å². The molecule has 1 aliphatic heterocycles. The van der Waals surface area contributed by atoms with Crippen LogP contribution >= 0.6 is 0 Å². The molecule has 6 nitrogen and oxygen atoms in total. The molecule has 156 valence electrons. The zero-order valence-corrected chi connectivity index (χ0v) is 18.0. The maximum absolute atomic E-state index is 13.0. The molecule has 1 heterocycles. The highest BCUT2D eigenvalue weighted by molar-refractivity contribution is 7.89. The first kappa shape index (κ1) is 21.3. The van der Waals surface area contributed by atoms with E-state index in [1.165, 1.54) is 4.31 Å². The highest BCUT2D eigenvalue weighted by Gasteiger charge is 2.31. The number of hydrogen-bond donors (Lipinski definition) is 1. The third-order valence-electron chi connectivity index (χ3n) is 5.16. The van der Waals surface area contributed by atoms with Crippen molar-refractivity contribution in [2.45, 2.75) is 44.6 Å². The lowest BCUT2D eigenvalue weighted by molar-refractivity contribution is 0.0924. The molecule has 0 spiro atoms. The molecule has 7 heteroatoms. The molecule has 0 aliphatic carbocycles. The van der Waals surface area contributed by atoms with Gasteiger partial charge in [0.05, 0.1) is 11.5 Å². The summed E-state index contributed by atoms with van der Waals surface area (Å²) in [6, 6.07) is 12.4. The van der Waals surface area contributed by atoms with Crippen LogP contribution in [0, 0.1) is 13.8 Å². The summed E-state index contributed by atoms with van der Waals surface area (Å²) in [7, 11) is -3.52. The van der Waals surface area contributed by atoms with Gasteiger partial charge in [0.15, 0.2) is 0 Å². The van der Waals surface area contributed by atoms with Gasteiger partial charge in [-0.2, -0.15) is 4.31 Å². The maximum Gasteiger partial charge on any atom is 0.251 e. The molecule has 2 aromatic rings. The summed E-state index contributed by atoms with van der Waals surface area (Å²) in [6.07, 6.45) is 1.18. The maximum atomic E-state index is 13.0. The number of hydrogen-bond acceptors (Lipinski definition) is 4. The smallest absolute Gasteiger partial charge is 0.251 e. The summed E-state index contributed by atoms with van der Waals surface area (Å²) in [4.78, 5) is 12.8. The number of sulfonamides is 1. The van der Waals surface area contributed by atoms with Crippen LogP contribution in [-0.4, -0.2) is 44.4 Å². The molecule has 1 N–H and O–H groups in total. The van der Waals surface area contributed by atoms with E-state index in [9.17, 15) is 13.2 Å². The lowest BCUT2D eigenvalue weighted by Gasteiger charge is -2.32. The summed E-state index contributed by atoms with van der Waals surface area (Å²) in [5.74, 6) is 0.581. The highest BCUT2D eigenvalue weighted by Crippen LogP contribution is 2.24. The SMILES string of the molecule is CCOc1ccc(C(=O)NC2CCN(S(=O)(=O)c3ccc(C)cc3C)CC2)cc1. The fourth-order valence-corrected chi connectivity index (χ4v) is 5.28. The Hall–Kier alpha value is -2.38. The molecule has 1 amide bonds. The third kappa shape index (κ3) is 4.97. The number of nitrogens with one attached hydrogen (secondary N) is 1. The van der Waals surface area contributed by atoms with E-state index in [-0.39, 0.29) is 11.9 Å². The molecule has 1 fully saturated rings. The van der Waals surface area contributed by atoms with Gasteiger partial charge >= 0.3 is 0 Å². The molecule has 0 unspecified atom stereocenters. The van der Waals surface area contributed by atoms with Crippen LogP contribution in [0.1, 0.15) is 41.3 Å². The van der Waals surface area contributed by atoms with Gasteiger partial charge in [0, 0.05) is 24.7 Å². The Balaban J connectivity index is 1.59. The van der Waals surface area contributed by atoms with E-state index in [2.05, 4.69) is 5.32 Å². The van der Waals surface area contributed by atoms with Gasteiger partial charge in [-0.15, -0.1) is 0 Å². The predicted octanol–water partition coefficient (Wildman–Crippen LogP) is 3.29. The average Bonchev–Trinajstić information content (AvgIpc) is 2.69. The molecule has 2 aromatic carbocycles. The zero-order valence-electron chi connectivity index (χ0n) is 17.1. The Kier molecular flexibility index (Phi) is 6.59. The van der Waals surface area contributed by atoms with E-state index in [4.69, 9.17) is 4.74 Å². The van der Waals surface area contributed by atoms with Gasteiger partial charge in [-0.1, -0.05) is 17.7 Å². The Morgan fingerprint density at radius 2 is 1.76 bits per heavy atom. The van der Waals surface area contributed by atoms with Gasteiger partial charge in [0.1, 0.15) is 5.75 Å². The Labute approximate surface area is 172 Å². The van der Waals surface area contributed by atoms with Crippen LogP contribution in [0.2, 0.25) is 0 Å². The van der Waals surface area contributed by atoms with E-state index in [0.29, 0.717) is 43.0 Å². The lowest BCUT2D eigenvalue weighted by atomic mass is 10.1. The number of ether oxygens (including phenoxy) is 1. The van der Waals surface area contributed by atoms with Crippen molar-refractivity contribution in [1.29, 1.82) is 0 Å². The summed E-state index contributed by atoms with van der Waals surface area (Å²) in [5, 5.41) is 3.02.